The SMILES string of the molecule is Oc1ccccc1-c1cc2ncccc2[nH]1. The van der Waals surface area contributed by atoms with Crippen molar-refractivity contribution >= 4 is 11.0 Å². The number of hydrogen-bond donors (Lipinski definition) is 2. The Balaban J connectivity index is 2.23. The number of aromatic amines is 1. The molecule has 0 unspecified atom stereocenters. The molecule has 0 aliphatic heterocycles. The van der Waals surface area contributed by atoms with Crippen LogP contribution in [0.2, 0.25) is 0 Å². The van der Waals surface area contributed by atoms with E-state index in [1.165, 1.54) is 0 Å². The fraction of sp³-hybridized carbons (Fsp3) is 0. The van der Waals surface area contributed by atoms with Crippen molar-refractivity contribution < 1.29 is 5.11 Å². The van der Waals surface area contributed by atoms with Gasteiger partial charge in [0.1, 0.15) is 5.75 Å². The molecule has 2 heterocycles. The lowest BCUT2D eigenvalue weighted by Gasteiger charge is -2.00. The van der Waals surface area contributed by atoms with E-state index in [1.54, 1.807) is 18.3 Å². The molecule has 3 rings (SSSR count). The minimum Gasteiger partial charge on any atom is -0.507 e. The Labute approximate surface area is 92.4 Å². The van der Waals surface area contributed by atoms with Gasteiger partial charge in [0, 0.05) is 11.8 Å². The molecule has 0 amide bonds. The van der Waals surface area contributed by atoms with Crippen LogP contribution in [0.5, 0.6) is 5.75 Å². The standard InChI is InChI=1S/C13H10N2O/c16-13-6-2-1-4-9(13)11-8-12-10(15-11)5-3-7-14-12/h1-8,15-16H. The van der Waals surface area contributed by atoms with Crippen molar-refractivity contribution in [3.8, 4) is 17.0 Å². The van der Waals surface area contributed by atoms with Gasteiger partial charge in [-0.05, 0) is 30.3 Å². The lowest BCUT2D eigenvalue weighted by Crippen LogP contribution is -1.77. The lowest BCUT2D eigenvalue weighted by atomic mass is 10.1. The third-order valence-corrected chi connectivity index (χ3v) is 2.58. The van der Waals surface area contributed by atoms with Crippen LogP contribution < -0.4 is 0 Å². The minimum absolute atomic E-state index is 0.272. The van der Waals surface area contributed by atoms with Gasteiger partial charge in [-0.1, -0.05) is 12.1 Å². The first-order chi connectivity index (χ1) is 7.84. The van der Waals surface area contributed by atoms with E-state index in [2.05, 4.69) is 9.97 Å². The van der Waals surface area contributed by atoms with Crippen LogP contribution in [0, 0.1) is 0 Å². The molecule has 3 aromatic rings. The number of benzene rings is 1. The predicted octanol–water partition coefficient (Wildman–Crippen LogP) is 2.94. The molecule has 0 aliphatic rings. The molecule has 0 spiro atoms. The van der Waals surface area contributed by atoms with Gasteiger partial charge in [-0.25, -0.2) is 0 Å². The number of aromatic nitrogens is 2. The van der Waals surface area contributed by atoms with Gasteiger partial charge in [0.05, 0.1) is 16.7 Å². The van der Waals surface area contributed by atoms with Crippen LogP contribution in [0.1, 0.15) is 0 Å². The maximum atomic E-state index is 9.75. The summed E-state index contributed by atoms with van der Waals surface area (Å²) in [5.41, 5.74) is 3.55. The Morgan fingerprint density at radius 2 is 1.94 bits per heavy atom. The average Bonchev–Trinajstić information content (AvgIpc) is 2.73. The van der Waals surface area contributed by atoms with Crippen LogP contribution >= 0.6 is 0 Å². The molecule has 2 aromatic heterocycles. The zero-order chi connectivity index (χ0) is 11.0. The monoisotopic (exact) mass is 210 g/mol. The summed E-state index contributed by atoms with van der Waals surface area (Å²) in [5, 5.41) is 9.75. The normalized spacial score (nSPS) is 10.8. The van der Waals surface area contributed by atoms with Crippen molar-refractivity contribution in [3.63, 3.8) is 0 Å². The average molecular weight is 210 g/mol. The summed E-state index contributed by atoms with van der Waals surface area (Å²) in [6.07, 6.45) is 1.75. The van der Waals surface area contributed by atoms with Crippen molar-refractivity contribution in [1.29, 1.82) is 0 Å². The van der Waals surface area contributed by atoms with E-state index in [0.29, 0.717) is 0 Å². The van der Waals surface area contributed by atoms with Gasteiger partial charge in [0.25, 0.3) is 0 Å². The van der Waals surface area contributed by atoms with Gasteiger partial charge in [0.2, 0.25) is 0 Å². The summed E-state index contributed by atoms with van der Waals surface area (Å²) < 4.78 is 0. The van der Waals surface area contributed by atoms with Crippen LogP contribution in [-0.2, 0) is 0 Å². The summed E-state index contributed by atoms with van der Waals surface area (Å²) >= 11 is 0. The van der Waals surface area contributed by atoms with E-state index in [-0.39, 0.29) is 5.75 Å². The van der Waals surface area contributed by atoms with Crippen molar-refractivity contribution in [1.82, 2.24) is 9.97 Å². The van der Waals surface area contributed by atoms with Crippen molar-refractivity contribution in [2.24, 2.45) is 0 Å². The van der Waals surface area contributed by atoms with E-state index < -0.39 is 0 Å². The Hall–Kier alpha value is -2.29. The molecule has 0 saturated heterocycles. The zero-order valence-corrected chi connectivity index (χ0v) is 8.51. The highest BCUT2D eigenvalue weighted by Gasteiger charge is 2.06. The van der Waals surface area contributed by atoms with E-state index in [9.17, 15) is 5.11 Å². The zero-order valence-electron chi connectivity index (χ0n) is 8.51. The third-order valence-electron chi connectivity index (χ3n) is 2.58. The maximum absolute atomic E-state index is 9.75. The number of phenols is 1. The Morgan fingerprint density at radius 1 is 1.06 bits per heavy atom. The number of phenolic OH excluding ortho intramolecular Hbond substituents is 1. The number of H-pyrrole nitrogens is 1. The topological polar surface area (TPSA) is 48.9 Å². The van der Waals surface area contributed by atoms with Crippen LogP contribution in [-0.4, -0.2) is 15.1 Å². The number of rotatable bonds is 1. The largest absolute Gasteiger partial charge is 0.507 e. The van der Waals surface area contributed by atoms with Gasteiger partial charge >= 0.3 is 0 Å². The van der Waals surface area contributed by atoms with Gasteiger partial charge in [-0.15, -0.1) is 0 Å². The first kappa shape index (κ1) is 8.97. The Morgan fingerprint density at radius 3 is 2.75 bits per heavy atom. The molecular formula is C13H10N2O. The number of pyridine rings is 1. The molecule has 3 nitrogen and oxygen atoms in total. The van der Waals surface area contributed by atoms with E-state index in [0.717, 1.165) is 22.3 Å². The number of hydrogen-bond acceptors (Lipinski definition) is 2. The second-order valence-electron chi connectivity index (χ2n) is 3.64. The number of nitrogens with one attached hydrogen (secondary N) is 1. The van der Waals surface area contributed by atoms with Crippen molar-refractivity contribution in [2.45, 2.75) is 0 Å². The van der Waals surface area contributed by atoms with Gasteiger partial charge in [-0.2, -0.15) is 0 Å². The molecule has 0 radical (unpaired) electrons. The van der Waals surface area contributed by atoms with E-state index in [1.807, 2.05) is 30.3 Å². The van der Waals surface area contributed by atoms with Gasteiger partial charge < -0.3 is 10.1 Å². The van der Waals surface area contributed by atoms with Crippen LogP contribution in [0.3, 0.4) is 0 Å². The fourth-order valence-corrected chi connectivity index (χ4v) is 1.80. The van der Waals surface area contributed by atoms with Gasteiger partial charge in [0.15, 0.2) is 0 Å². The van der Waals surface area contributed by atoms with Crippen LogP contribution in [0.15, 0.2) is 48.7 Å². The Kier molecular flexibility index (Phi) is 1.90. The number of para-hydroxylation sites is 1. The maximum Gasteiger partial charge on any atom is 0.124 e. The molecular weight excluding hydrogens is 200 g/mol. The summed E-state index contributed by atoms with van der Waals surface area (Å²) in [5.74, 6) is 0.272. The van der Waals surface area contributed by atoms with Crippen molar-refractivity contribution in [3.05, 3.63) is 48.7 Å². The highest BCUT2D eigenvalue weighted by molar-refractivity contribution is 5.83. The number of nitrogens with zero attached hydrogens (tertiary/aromatic N) is 1. The summed E-state index contributed by atoms with van der Waals surface area (Å²) in [7, 11) is 0. The molecule has 78 valence electrons. The minimum atomic E-state index is 0.272. The molecule has 2 N–H and O–H groups in total. The molecule has 1 aromatic carbocycles. The van der Waals surface area contributed by atoms with Crippen LogP contribution in [0.4, 0.5) is 0 Å². The Bertz CT molecular complexity index is 610. The predicted molar refractivity (Wildman–Crippen MR) is 63.2 cm³/mol. The molecule has 0 fully saturated rings. The lowest BCUT2D eigenvalue weighted by molar-refractivity contribution is 0.477. The molecule has 16 heavy (non-hydrogen) atoms. The molecule has 0 atom stereocenters. The van der Waals surface area contributed by atoms with E-state index >= 15 is 0 Å². The van der Waals surface area contributed by atoms with Gasteiger partial charge in [-0.3, -0.25) is 4.98 Å². The second kappa shape index (κ2) is 3.38. The highest BCUT2D eigenvalue weighted by Crippen LogP contribution is 2.29. The van der Waals surface area contributed by atoms with E-state index in [4.69, 9.17) is 0 Å². The summed E-state index contributed by atoms with van der Waals surface area (Å²) in [6, 6.07) is 13.0. The number of aromatic hydroxyl groups is 1. The second-order valence-corrected chi connectivity index (χ2v) is 3.64. The molecule has 3 heteroatoms. The molecule has 0 bridgehead atoms. The fourth-order valence-electron chi connectivity index (χ4n) is 1.80. The first-order valence-corrected chi connectivity index (χ1v) is 5.07. The summed E-state index contributed by atoms with van der Waals surface area (Å²) in [4.78, 5) is 7.47. The first-order valence-electron chi connectivity index (χ1n) is 5.07. The summed E-state index contributed by atoms with van der Waals surface area (Å²) in [6.45, 7) is 0. The third kappa shape index (κ3) is 1.34. The number of fused-ring (bicyclic) bond motifs is 1. The highest BCUT2D eigenvalue weighted by atomic mass is 16.3. The quantitative estimate of drug-likeness (QED) is 0.648. The van der Waals surface area contributed by atoms with Crippen LogP contribution in [0.25, 0.3) is 22.3 Å². The molecule has 0 saturated carbocycles. The smallest absolute Gasteiger partial charge is 0.124 e. The van der Waals surface area contributed by atoms with Crippen molar-refractivity contribution in [2.75, 3.05) is 0 Å². The molecule has 0 aliphatic carbocycles.